The van der Waals surface area contributed by atoms with Crippen LogP contribution in [-0.4, -0.2) is 60.5 Å². The molecule has 1 aromatic heterocycles. The maximum Gasteiger partial charge on any atom is 0.234 e. The van der Waals surface area contributed by atoms with Gasteiger partial charge in [0.2, 0.25) is 11.8 Å². The zero-order valence-corrected chi connectivity index (χ0v) is 18.9. The van der Waals surface area contributed by atoms with E-state index in [9.17, 15) is 0 Å². The zero-order valence-electron chi connectivity index (χ0n) is 18.1. The summed E-state index contributed by atoms with van der Waals surface area (Å²) in [7, 11) is 3.61. The van der Waals surface area contributed by atoms with Crippen molar-refractivity contribution in [3.63, 3.8) is 0 Å². The summed E-state index contributed by atoms with van der Waals surface area (Å²) in [5, 5.41) is 3.51. The fourth-order valence-electron chi connectivity index (χ4n) is 3.19. The second-order valence-electron chi connectivity index (χ2n) is 7.16. The topological polar surface area (TPSA) is 53.5 Å². The van der Waals surface area contributed by atoms with Crippen LogP contribution in [0.25, 0.3) is 0 Å². The van der Waals surface area contributed by atoms with E-state index in [0.29, 0.717) is 23.9 Å². The Balaban J connectivity index is 2.26. The summed E-state index contributed by atoms with van der Waals surface area (Å²) in [5.74, 6) is 2.00. The van der Waals surface area contributed by atoms with Crippen LogP contribution in [0.3, 0.4) is 0 Å². The lowest BCUT2D eigenvalue weighted by atomic mass is 10.2. The van der Waals surface area contributed by atoms with Gasteiger partial charge in [0, 0.05) is 37.9 Å². The van der Waals surface area contributed by atoms with Gasteiger partial charge in [-0.05, 0) is 46.1 Å². The third-order valence-corrected chi connectivity index (χ3v) is 5.43. The second kappa shape index (κ2) is 10.5. The first kappa shape index (κ1) is 22.3. The van der Waals surface area contributed by atoms with Crippen molar-refractivity contribution in [3.8, 4) is 5.88 Å². The summed E-state index contributed by atoms with van der Waals surface area (Å²) in [5.41, 5.74) is 1.03. The summed E-state index contributed by atoms with van der Waals surface area (Å²) in [6.07, 6.45) is 2.02. The van der Waals surface area contributed by atoms with E-state index in [1.165, 1.54) is 0 Å². The van der Waals surface area contributed by atoms with Crippen LogP contribution < -0.4 is 15.0 Å². The quantitative estimate of drug-likeness (QED) is 0.586. The lowest BCUT2D eigenvalue weighted by molar-refractivity contribution is 0.182. The Bertz CT molecular complexity index is 731. The Morgan fingerprint density at radius 2 is 1.71 bits per heavy atom. The van der Waals surface area contributed by atoms with Crippen LogP contribution in [0.4, 0.5) is 17.5 Å². The SMILES string of the molecule is COc1nc(N(C)c2ccccc2)nc(NCCN(C(C)C)C(C)C)c1SC. The molecule has 0 fully saturated rings. The molecule has 0 saturated heterocycles. The van der Waals surface area contributed by atoms with Crippen LogP contribution in [-0.2, 0) is 0 Å². The third kappa shape index (κ3) is 5.52. The number of aromatic nitrogens is 2. The second-order valence-corrected chi connectivity index (χ2v) is 7.98. The minimum atomic E-state index is 0.501. The van der Waals surface area contributed by atoms with Crippen molar-refractivity contribution in [1.82, 2.24) is 14.9 Å². The third-order valence-electron chi connectivity index (χ3n) is 4.65. The van der Waals surface area contributed by atoms with Crippen molar-refractivity contribution >= 4 is 29.2 Å². The van der Waals surface area contributed by atoms with E-state index in [-0.39, 0.29) is 0 Å². The minimum absolute atomic E-state index is 0.501. The van der Waals surface area contributed by atoms with Crippen molar-refractivity contribution in [3.05, 3.63) is 30.3 Å². The molecule has 154 valence electrons. The molecule has 0 amide bonds. The molecule has 0 radical (unpaired) electrons. The molecule has 0 atom stereocenters. The van der Waals surface area contributed by atoms with Gasteiger partial charge in [-0.15, -0.1) is 11.8 Å². The van der Waals surface area contributed by atoms with Crippen molar-refractivity contribution in [2.24, 2.45) is 0 Å². The largest absolute Gasteiger partial charge is 0.480 e. The standard InChI is InChI=1S/C21H33N5OS/c1-15(2)26(16(3)4)14-13-22-19-18(28-7)20(27-6)24-21(23-19)25(5)17-11-9-8-10-12-17/h8-12,15-16H,13-14H2,1-7H3,(H,22,23,24). The molecule has 1 heterocycles. The van der Waals surface area contributed by atoms with Crippen molar-refractivity contribution in [2.45, 2.75) is 44.7 Å². The Morgan fingerprint density at radius 1 is 1.07 bits per heavy atom. The molecule has 0 bridgehead atoms. The van der Waals surface area contributed by atoms with Gasteiger partial charge in [-0.25, -0.2) is 0 Å². The van der Waals surface area contributed by atoms with E-state index in [4.69, 9.17) is 9.72 Å². The van der Waals surface area contributed by atoms with Crippen LogP contribution >= 0.6 is 11.8 Å². The number of nitrogens with one attached hydrogen (secondary N) is 1. The lowest BCUT2D eigenvalue weighted by Crippen LogP contribution is -2.40. The number of hydrogen-bond donors (Lipinski definition) is 1. The first-order valence-electron chi connectivity index (χ1n) is 9.67. The smallest absolute Gasteiger partial charge is 0.234 e. The highest BCUT2D eigenvalue weighted by Crippen LogP contribution is 2.35. The number of hydrogen-bond acceptors (Lipinski definition) is 7. The fraction of sp³-hybridized carbons (Fsp3) is 0.524. The van der Waals surface area contributed by atoms with Crippen LogP contribution in [0, 0.1) is 0 Å². The number of thioether (sulfide) groups is 1. The van der Waals surface area contributed by atoms with E-state index in [1.807, 2.05) is 48.5 Å². The average Bonchev–Trinajstić information content (AvgIpc) is 2.69. The Hall–Kier alpha value is -1.99. The number of nitrogens with zero attached hydrogens (tertiary/aromatic N) is 4. The number of methoxy groups -OCH3 is 1. The molecule has 0 aliphatic heterocycles. The molecule has 28 heavy (non-hydrogen) atoms. The van der Waals surface area contributed by atoms with Gasteiger partial charge in [0.15, 0.2) is 0 Å². The van der Waals surface area contributed by atoms with Crippen LogP contribution in [0.2, 0.25) is 0 Å². The van der Waals surface area contributed by atoms with E-state index in [0.717, 1.165) is 29.5 Å². The number of rotatable bonds is 10. The summed E-state index contributed by atoms with van der Waals surface area (Å²) in [4.78, 5) is 14.8. The van der Waals surface area contributed by atoms with Gasteiger partial charge in [0.05, 0.1) is 7.11 Å². The van der Waals surface area contributed by atoms with E-state index in [1.54, 1.807) is 18.9 Å². The molecule has 1 N–H and O–H groups in total. The molecule has 0 aliphatic carbocycles. The highest BCUT2D eigenvalue weighted by atomic mass is 32.2. The van der Waals surface area contributed by atoms with E-state index in [2.05, 4.69) is 42.9 Å². The maximum absolute atomic E-state index is 5.56. The normalized spacial score (nSPS) is 11.4. The van der Waals surface area contributed by atoms with Gasteiger partial charge >= 0.3 is 0 Å². The van der Waals surface area contributed by atoms with Gasteiger partial charge in [-0.3, -0.25) is 4.90 Å². The number of ether oxygens (including phenoxy) is 1. The van der Waals surface area contributed by atoms with Crippen molar-refractivity contribution in [2.75, 3.05) is 43.7 Å². The highest BCUT2D eigenvalue weighted by Gasteiger charge is 2.18. The molecule has 1 aromatic carbocycles. The molecular formula is C21H33N5OS. The molecule has 0 aliphatic rings. The van der Waals surface area contributed by atoms with E-state index >= 15 is 0 Å². The number of anilines is 3. The highest BCUT2D eigenvalue weighted by molar-refractivity contribution is 7.98. The van der Waals surface area contributed by atoms with Crippen LogP contribution in [0.5, 0.6) is 5.88 Å². The number of benzene rings is 1. The lowest BCUT2D eigenvalue weighted by Gasteiger charge is -2.30. The first-order valence-corrected chi connectivity index (χ1v) is 10.9. The minimum Gasteiger partial charge on any atom is -0.480 e. The molecule has 2 rings (SSSR count). The Morgan fingerprint density at radius 3 is 2.25 bits per heavy atom. The molecule has 7 heteroatoms. The monoisotopic (exact) mass is 403 g/mol. The molecule has 6 nitrogen and oxygen atoms in total. The van der Waals surface area contributed by atoms with Gasteiger partial charge in [-0.2, -0.15) is 9.97 Å². The van der Waals surface area contributed by atoms with Gasteiger partial charge in [-0.1, -0.05) is 18.2 Å². The maximum atomic E-state index is 5.56. The molecule has 0 spiro atoms. The van der Waals surface area contributed by atoms with Gasteiger partial charge in [0.1, 0.15) is 10.7 Å². The molecule has 0 unspecified atom stereocenters. The average molecular weight is 404 g/mol. The summed E-state index contributed by atoms with van der Waals surface area (Å²) >= 11 is 1.59. The number of para-hydroxylation sites is 1. The molecular weight excluding hydrogens is 370 g/mol. The summed E-state index contributed by atoms with van der Waals surface area (Å²) in [6, 6.07) is 11.1. The molecule has 0 saturated carbocycles. The van der Waals surface area contributed by atoms with Crippen LogP contribution in [0.15, 0.2) is 35.2 Å². The molecule has 2 aromatic rings. The summed E-state index contributed by atoms with van der Waals surface area (Å²) < 4.78 is 5.56. The van der Waals surface area contributed by atoms with Crippen LogP contribution in [0.1, 0.15) is 27.7 Å². The van der Waals surface area contributed by atoms with Crippen molar-refractivity contribution in [1.29, 1.82) is 0 Å². The van der Waals surface area contributed by atoms with Gasteiger partial charge in [0.25, 0.3) is 0 Å². The predicted molar refractivity (Wildman–Crippen MR) is 120 cm³/mol. The van der Waals surface area contributed by atoms with E-state index < -0.39 is 0 Å². The predicted octanol–water partition coefficient (Wildman–Crippen LogP) is 4.51. The first-order chi connectivity index (χ1) is 13.4. The summed E-state index contributed by atoms with van der Waals surface area (Å²) in [6.45, 7) is 10.7. The Labute approximate surface area is 173 Å². The fourth-order valence-corrected chi connectivity index (χ4v) is 3.81. The van der Waals surface area contributed by atoms with Crippen molar-refractivity contribution < 1.29 is 4.74 Å². The van der Waals surface area contributed by atoms with Gasteiger partial charge < -0.3 is 15.0 Å². The Kier molecular flexibility index (Phi) is 8.38. The zero-order chi connectivity index (χ0) is 20.7.